The fraction of sp³-hybridized carbons (Fsp3) is 0.167. The van der Waals surface area contributed by atoms with E-state index in [0.29, 0.717) is 21.2 Å². The molecule has 0 spiro atoms. The van der Waals surface area contributed by atoms with Crippen LogP contribution in [0.1, 0.15) is 23.9 Å². The van der Waals surface area contributed by atoms with Gasteiger partial charge in [-0.05, 0) is 37.1 Å². The molecular weight excluding hydrogens is 362 g/mol. The van der Waals surface area contributed by atoms with Crippen molar-refractivity contribution in [1.29, 1.82) is 0 Å². The lowest BCUT2D eigenvalue weighted by Gasteiger charge is -2.13. The van der Waals surface area contributed by atoms with Crippen molar-refractivity contribution >= 4 is 21.5 Å². The highest BCUT2D eigenvalue weighted by Gasteiger charge is 2.46. The van der Waals surface area contributed by atoms with E-state index in [-0.39, 0.29) is 11.1 Å². The lowest BCUT2D eigenvalue weighted by molar-refractivity contribution is 0.0479. The number of hydrogen-bond acceptors (Lipinski definition) is 1. The van der Waals surface area contributed by atoms with Gasteiger partial charge in [-0.1, -0.05) is 40.7 Å². The predicted octanol–water partition coefficient (Wildman–Crippen LogP) is 5.73. The molecule has 1 heterocycles. The van der Waals surface area contributed by atoms with Crippen molar-refractivity contribution in [3.63, 3.8) is 0 Å². The van der Waals surface area contributed by atoms with Crippen LogP contribution in [0.2, 0.25) is 0 Å². The number of imidazole rings is 1. The monoisotopic (exact) mass is 376 g/mol. The number of fused-ring (bicyclic) bond motifs is 1. The minimum Gasteiger partial charge on any atom is -0.342 e. The Hall–Kier alpha value is -2.01. The third-order valence-electron chi connectivity index (χ3n) is 3.88. The number of nitrogens with one attached hydrogen (secondary N) is 1. The van der Waals surface area contributed by atoms with Gasteiger partial charge in [-0.25, -0.2) is 4.98 Å². The van der Waals surface area contributed by atoms with Crippen LogP contribution in [0, 0.1) is 6.92 Å². The second-order valence-electron chi connectivity index (χ2n) is 5.42. The number of rotatable bonds is 2. The van der Waals surface area contributed by atoms with Gasteiger partial charge >= 0.3 is 0 Å². The van der Waals surface area contributed by atoms with Crippen LogP contribution in [0.25, 0.3) is 16.8 Å². The van der Waals surface area contributed by atoms with Gasteiger partial charge in [0.1, 0.15) is 5.82 Å². The zero-order valence-corrected chi connectivity index (χ0v) is 14.3. The summed E-state index contributed by atoms with van der Waals surface area (Å²) in [5.74, 6) is -2.31. The average molecular weight is 377 g/mol. The molecule has 1 aliphatic rings. The van der Waals surface area contributed by atoms with Crippen molar-refractivity contribution in [2.45, 2.75) is 19.8 Å². The smallest absolute Gasteiger partial charge is 0.299 e. The van der Waals surface area contributed by atoms with E-state index in [4.69, 9.17) is 0 Å². The normalized spacial score (nSPS) is 19.3. The maximum absolute atomic E-state index is 14.9. The first-order chi connectivity index (χ1) is 10.8. The van der Waals surface area contributed by atoms with E-state index in [0.717, 1.165) is 11.5 Å². The largest absolute Gasteiger partial charge is 0.342 e. The molecule has 0 aliphatic heterocycles. The summed E-state index contributed by atoms with van der Waals surface area (Å²) >= 11 is 3.15. The van der Waals surface area contributed by atoms with E-state index in [1.165, 1.54) is 12.1 Å². The van der Waals surface area contributed by atoms with Crippen molar-refractivity contribution in [2.75, 3.05) is 0 Å². The Morgan fingerprint density at radius 1 is 1.39 bits per heavy atom. The van der Waals surface area contributed by atoms with Gasteiger partial charge in [-0.15, -0.1) is 0 Å². The van der Waals surface area contributed by atoms with Gasteiger partial charge < -0.3 is 4.98 Å². The Morgan fingerprint density at radius 2 is 2.13 bits per heavy atom. The molecule has 0 fully saturated rings. The molecule has 0 bridgehead atoms. The lowest BCUT2D eigenvalue weighted by Crippen LogP contribution is -2.11. The summed E-state index contributed by atoms with van der Waals surface area (Å²) in [6.07, 6.45) is 4.74. The number of nitrogens with zero attached hydrogens (tertiary/aromatic N) is 1. The molecular formula is C18H15BrF2N2. The van der Waals surface area contributed by atoms with E-state index in [9.17, 15) is 8.78 Å². The lowest BCUT2D eigenvalue weighted by atomic mass is 10.0. The standard InChI is InChI=1S/C18H15BrF2N2/c1-4-13-14-6-5-12(17-9-22-11(3)23-17)8-16(14)18(20,21)15(13)7-10(2)19/h4-9H,2H2,1,3H3,(H,22,23)/b13-4?,15-7+. The zero-order chi connectivity index (χ0) is 16.8. The summed E-state index contributed by atoms with van der Waals surface area (Å²) in [6, 6.07) is 5.10. The minimum absolute atomic E-state index is 0.00959. The third kappa shape index (κ3) is 2.59. The third-order valence-corrected chi connectivity index (χ3v) is 4.11. The van der Waals surface area contributed by atoms with Crippen LogP contribution < -0.4 is 0 Å². The van der Waals surface area contributed by atoms with Gasteiger partial charge in [0.25, 0.3) is 5.92 Å². The first-order valence-electron chi connectivity index (χ1n) is 7.12. The second-order valence-corrected chi connectivity index (χ2v) is 6.44. The van der Waals surface area contributed by atoms with E-state index in [2.05, 4.69) is 32.5 Å². The van der Waals surface area contributed by atoms with Gasteiger partial charge in [0.15, 0.2) is 0 Å². The molecule has 0 unspecified atom stereocenters. The van der Waals surface area contributed by atoms with Crippen molar-refractivity contribution in [3.05, 3.63) is 70.1 Å². The van der Waals surface area contributed by atoms with Crippen LogP contribution in [0.5, 0.6) is 0 Å². The van der Waals surface area contributed by atoms with Gasteiger partial charge in [0, 0.05) is 21.2 Å². The Bertz CT molecular complexity index is 860. The maximum atomic E-state index is 14.9. The highest BCUT2D eigenvalue weighted by Crippen LogP contribution is 2.53. The first-order valence-corrected chi connectivity index (χ1v) is 7.92. The van der Waals surface area contributed by atoms with Gasteiger partial charge in [-0.2, -0.15) is 8.78 Å². The van der Waals surface area contributed by atoms with Crippen molar-refractivity contribution in [3.8, 4) is 11.3 Å². The van der Waals surface area contributed by atoms with Gasteiger partial charge in [0.05, 0.1) is 11.9 Å². The molecule has 2 aromatic rings. The van der Waals surface area contributed by atoms with Crippen LogP contribution in [0.15, 0.2) is 53.2 Å². The van der Waals surface area contributed by atoms with E-state index >= 15 is 0 Å². The molecule has 0 amide bonds. The van der Waals surface area contributed by atoms with Crippen LogP contribution in [-0.2, 0) is 5.92 Å². The number of aromatic nitrogens is 2. The predicted molar refractivity (Wildman–Crippen MR) is 92.5 cm³/mol. The molecule has 0 atom stereocenters. The SMILES string of the molecule is C=C(Br)/C=C1\C(=CC)c2ccc(-c3cnc(C)[nH]3)cc2C1(F)F. The molecule has 23 heavy (non-hydrogen) atoms. The fourth-order valence-corrected chi connectivity index (χ4v) is 3.10. The Balaban J connectivity index is 2.20. The summed E-state index contributed by atoms with van der Waals surface area (Å²) in [4.78, 5) is 7.20. The number of aromatic amines is 1. The number of hydrogen-bond donors (Lipinski definition) is 1. The summed E-state index contributed by atoms with van der Waals surface area (Å²) in [7, 11) is 0. The molecule has 5 heteroatoms. The number of benzene rings is 1. The first kappa shape index (κ1) is 15.9. The number of aryl methyl sites for hydroxylation is 1. The summed E-state index contributed by atoms with van der Waals surface area (Å²) in [6.45, 7) is 7.24. The average Bonchev–Trinajstić information content (AvgIpc) is 3.00. The highest BCUT2D eigenvalue weighted by atomic mass is 79.9. The van der Waals surface area contributed by atoms with Crippen molar-refractivity contribution in [2.24, 2.45) is 0 Å². The molecule has 2 nitrogen and oxygen atoms in total. The quantitative estimate of drug-likeness (QED) is 0.712. The number of allylic oxidation sites excluding steroid dienone is 5. The van der Waals surface area contributed by atoms with Crippen molar-refractivity contribution < 1.29 is 8.78 Å². The van der Waals surface area contributed by atoms with E-state index in [1.807, 2.05) is 13.0 Å². The number of alkyl halides is 2. The summed E-state index contributed by atoms with van der Waals surface area (Å²) < 4.78 is 30.2. The molecule has 118 valence electrons. The molecule has 1 aromatic carbocycles. The minimum atomic E-state index is -3.06. The Morgan fingerprint density at radius 3 is 2.70 bits per heavy atom. The van der Waals surface area contributed by atoms with Gasteiger partial charge in [-0.3, -0.25) is 0 Å². The van der Waals surface area contributed by atoms with E-state index < -0.39 is 5.92 Å². The summed E-state index contributed by atoms with van der Waals surface area (Å²) in [5, 5.41) is 0. The molecule has 0 saturated heterocycles. The topological polar surface area (TPSA) is 28.7 Å². The molecule has 0 saturated carbocycles. The Labute approximate surface area is 141 Å². The molecule has 1 aromatic heterocycles. The zero-order valence-electron chi connectivity index (χ0n) is 12.8. The molecule has 1 aliphatic carbocycles. The maximum Gasteiger partial charge on any atom is 0.299 e. The van der Waals surface area contributed by atoms with Crippen molar-refractivity contribution in [1.82, 2.24) is 9.97 Å². The number of halogens is 3. The van der Waals surface area contributed by atoms with Crippen LogP contribution in [0.3, 0.4) is 0 Å². The summed E-state index contributed by atoms with van der Waals surface area (Å²) in [5.41, 5.74) is 2.49. The van der Waals surface area contributed by atoms with Crippen LogP contribution in [-0.4, -0.2) is 9.97 Å². The Kier molecular flexibility index (Phi) is 3.84. The van der Waals surface area contributed by atoms with Crippen LogP contribution >= 0.6 is 15.9 Å². The molecule has 0 radical (unpaired) electrons. The molecule has 3 rings (SSSR count). The van der Waals surface area contributed by atoms with Gasteiger partial charge in [0.2, 0.25) is 0 Å². The fourth-order valence-electron chi connectivity index (χ4n) is 2.87. The van der Waals surface area contributed by atoms with Crippen LogP contribution in [0.4, 0.5) is 8.78 Å². The number of H-pyrrole nitrogens is 1. The van der Waals surface area contributed by atoms with E-state index in [1.54, 1.807) is 25.3 Å². The molecule has 1 N–H and O–H groups in total. The highest BCUT2D eigenvalue weighted by molar-refractivity contribution is 9.11. The second kappa shape index (κ2) is 5.57.